The summed E-state index contributed by atoms with van der Waals surface area (Å²) in [4.78, 5) is 16.9. The number of likely N-dealkylation sites (tertiary alicyclic amines) is 1. The molecular weight excluding hydrogens is 380 g/mol. The molecule has 0 spiro atoms. The van der Waals surface area contributed by atoms with E-state index in [1.165, 1.54) is 18.6 Å². The predicted molar refractivity (Wildman–Crippen MR) is 102 cm³/mol. The van der Waals surface area contributed by atoms with Crippen molar-refractivity contribution in [2.24, 2.45) is 0 Å². The van der Waals surface area contributed by atoms with Gasteiger partial charge < -0.3 is 9.88 Å². The Labute approximate surface area is 162 Å². The van der Waals surface area contributed by atoms with E-state index in [4.69, 9.17) is 0 Å². The summed E-state index contributed by atoms with van der Waals surface area (Å²) in [6.45, 7) is 1.82. The monoisotopic (exact) mass is 400 g/mol. The normalized spacial score (nSPS) is 14.4. The van der Waals surface area contributed by atoms with E-state index in [0.717, 1.165) is 18.4 Å². The Morgan fingerprint density at radius 2 is 1.93 bits per heavy atom. The van der Waals surface area contributed by atoms with Gasteiger partial charge in [-0.05, 0) is 24.5 Å². The van der Waals surface area contributed by atoms with Crippen LogP contribution in [0.3, 0.4) is 0 Å². The molecule has 28 heavy (non-hydrogen) atoms. The fourth-order valence-corrected chi connectivity index (χ4v) is 4.16. The van der Waals surface area contributed by atoms with Crippen molar-refractivity contribution in [2.45, 2.75) is 24.3 Å². The number of hydrogen-bond donors (Lipinski definition) is 2. The molecule has 1 aromatic carbocycles. The number of sulfonamides is 1. The Morgan fingerprint density at radius 3 is 2.68 bits per heavy atom. The first-order valence-electron chi connectivity index (χ1n) is 8.95. The van der Waals surface area contributed by atoms with E-state index in [0.29, 0.717) is 19.6 Å². The molecule has 4 rings (SSSR count). The molecule has 3 heterocycles. The van der Waals surface area contributed by atoms with Crippen LogP contribution < -0.4 is 4.72 Å². The van der Waals surface area contributed by atoms with Crippen LogP contribution in [0, 0.1) is 0 Å². The van der Waals surface area contributed by atoms with E-state index in [1.807, 2.05) is 30.3 Å². The standard InChI is InChI=1S/C18H20N6O3S/c25-17(23-8-4-5-9-23)16-10-15(11-19-16)28(26,27)22-18-21-20-13-24(18)12-14-6-2-1-3-7-14/h1-3,6-7,10-11,13,19H,4-5,8-9,12H2,(H,21,22). The number of anilines is 1. The highest BCUT2D eigenvalue weighted by Gasteiger charge is 2.24. The van der Waals surface area contributed by atoms with E-state index in [2.05, 4.69) is 19.9 Å². The summed E-state index contributed by atoms with van der Waals surface area (Å²) < 4.78 is 29.5. The SMILES string of the molecule is O=C(c1cc(S(=O)(=O)Nc2nncn2Cc2ccccc2)c[nH]1)N1CCCC1. The van der Waals surface area contributed by atoms with E-state index < -0.39 is 10.0 Å². The Morgan fingerprint density at radius 1 is 1.18 bits per heavy atom. The van der Waals surface area contributed by atoms with Gasteiger partial charge in [0, 0.05) is 19.3 Å². The zero-order valence-electron chi connectivity index (χ0n) is 15.1. The van der Waals surface area contributed by atoms with Gasteiger partial charge in [-0.1, -0.05) is 30.3 Å². The van der Waals surface area contributed by atoms with Crippen LogP contribution in [0.2, 0.25) is 0 Å². The molecule has 9 nitrogen and oxygen atoms in total. The van der Waals surface area contributed by atoms with Crippen LogP contribution in [0.1, 0.15) is 28.9 Å². The maximum atomic E-state index is 12.7. The number of carbonyl (C=O) groups excluding carboxylic acids is 1. The second kappa shape index (κ2) is 7.47. The Balaban J connectivity index is 1.51. The van der Waals surface area contributed by atoms with E-state index >= 15 is 0 Å². The third-order valence-corrected chi connectivity index (χ3v) is 5.94. The maximum absolute atomic E-state index is 12.7. The number of H-pyrrole nitrogens is 1. The molecule has 146 valence electrons. The lowest BCUT2D eigenvalue weighted by molar-refractivity contribution is 0.0787. The van der Waals surface area contributed by atoms with Crippen molar-refractivity contribution in [1.82, 2.24) is 24.6 Å². The molecule has 3 aromatic rings. The van der Waals surface area contributed by atoms with Crippen LogP contribution in [0.25, 0.3) is 0 Å². The van der Waals surface area contributed by atoms with Gasteiger partial charge in [-0.2, -0.15) is 0 Å². The van der Waals surface area contributed by atoms with Crippen LogP contribution in [0.5, 0.6) is 0 Å². The third kappa shape index (κ3) is 3.77. The van der Waals surface area contributed by atoms with E-state index in [9.17, 15) is 13.2 Å². The van der Waals surface area contributed by atoms with Crippen molar-refractivity contribution >= 4 is 21.9 Å². The summed E-state index contributed by atoms with van der Waals surface area (Å²) in [5.41, 5.74) is 1.25. The summed E-state index contributed by atoms with van der Waals surface area (Å²) in [6.07, 6.45) is 4.71. The highest BCUT2D eigenvalue weighted by Crippen LogP contribution is 2.18. The third-order valence-electron chi connectivity index (χ3n) is 4.63. The first-order chi connectivity index (χ1) is 13.5. The van der Waals surface area contributed by atoms with Gasteiger partial charge in [-0.3, -0.25) is 9.36 Å². The molecule has 0 unspecified atom stereocenters. The van der Waals surface area contributed by atoms with Gasteiger partial charge in [0.15, 0.2) is 0 Å². The second-order valence-electron chi connectivity index (χ2n) is 6.62. The van der Waals surface area contributed by atoms with Crippen LogP contribution in [0.15, 0.2) is 53.8 Å². The lowest BCUT2D eigenvalue weighted by atomic mass is 10.2. The summed E-state index contributed by atoms with van der Waals surface area (Å²) in [5, 5.41) is 7.66. The highest BCUT2D eigenvalue weighted by molar-refractivity contribution is 7.92. The zero-order chi connectivity index (χ0) is 19.6. The minimum absolute atomic E-state index is 0.0238. The van der Waals surface area contributed by atoms with Gasteiger partial charge in [0.25, 0.3) is 15.9 Å². The molecule has 2 N–H and O–H groups in total. The highest BCUT2D eigenvalue weighted by atomic mass is 32.2. The summed E-state index contributed by atoms with van der Waals surface area (Å²) in [6, 6.07) is 10.9. The van der Waals surface area contributed by atoms with Crippen molar-refractivity contribution < 1.29 is 13.2 Å². The Bertz CT molecular complexity index is 1070. The fraction of sp³-hybridized carbons (Fsp3) is 0.278. The van der Waals surface area contributed by atoms with Crippen LogP contribution in [-0.4, -0.2) is 52.1 Å². The number of nitrogens with one attached hydrogen (secondary N) is 2. The number of hydrogen-bond acceptors (Lipinski definition) is 5. The van der Waals surface area contributed by atoms with Crippen molar-refractivity contribution in [1.29, 1.82) is 0 Å². The molecule has 1 fully saturated rings. The number of aromatic nitrogens is 4. The van der Waals surface area contributed by atoms with Gasteiger partial charge in [0.05, 0.1) is 6.54 Å². The summed E-state index contributed by atoms with van der Waals surface area (Å²) in [5.74, 6) is -0.0799. The molecule has 1 saturated heterocycles. The fourth-order valence-electron chi connectivity index (χ4n) is 3.15. The molecule has 0 aliphatic carbocycles. The van der Waals surface area contributed by atoms with Crippen LogP contribution in [-0.2, 0) is 16.6 Å². The zero-order valence-corrected chi connectivity index (χ0v) is 15.9. The minimum atomic E-state index is -3.91. The molecular formula is C18H20N6O3S. The van der Waals surface area contributed by atoms with Gasteiger partial charge in [-0.15, -0.1) is 10.2 Å². The van der Waals surface area contributed by atoms with Crippen LogP contribution in [0.4, 0.5) is 5.95 Å². The number of aromatic amines is 1. The number of nitrogens with zero attached hydrogens (tertiary/aromatic N) is 4. The second-order valence-corrected chi connectivity index (χ2v) is 8.30. The summed E-state index contributed by atoms with van der Waals surface area (Å²) in [7, 11) is -3.91. The molecule has 2 aromatic heterocycles. The van der Waals surface area contributed by atoms with Crippen molar-refractivity contribution in [3.8, 4) is 0 Å². The molecule has 0 saturated carbocycles. The average molecular weight is 400 g/mol. The number of benzene rings is 1. The number of rotatable bonds is 6. The number of amides is 1. The topological polar surface area (TPSA) is 113 Å². The Hall–Kier alpha value is -3.14. The minimum Gasteiger partial charge on any atom is -0.356 e. The van der Waals surface area contributed by atoms with Crippen LogP contribution >= 0.6 is 0 Å². The van der Waals surface area contributed by atoms with E-state index in [1.54, 1.807) is 9.47 Å². The molecule has 1 amide bonds. The van der Waals surface area contributed by atoms with Gasteiger partial charge in [-0.25, -0.2) is 13.1 Å². The molecule has 10 heteroatoms. The Kier molecular flexibility index (Phi) is 4.86. The first kappa shape index (κ1) is 18.2. The molecule has 0 radical (unpaired) electrons. The molecule has 0 atom stereocenters. The average Bonchev–Trinajstić information content (AvgIpc) is 3.45. The largest absolute Gasteiger partial charge is 0.356 e. The van der Waals surface area contributed by atoms with E-state index in [-0.39, 0.29) is 22.4 Å². The summed E-state index contributed by atoms with van der Waals surface area (Å²) >= 11 is 0. The molecule has 0 bridgehead atoms. The molecule has 1 aliphatic heterocycles. The first-order valence-corrected chi connectivity index (χ1v) is 10.4. The van der Waals surface area contributed by atoms with Gasteiger partial charge >= 0.3 is 0 Å². The number of carbonyl (C=O) groups is 1. The lowest BCUT2D eigenvalue weighted by Gasteiger charge is -2.13. The van der Waals surface area contributed by atoms with Crippen molar-refractivity contribution in [2.75, 3.05) is 17.8 Å². The van der Waals surface area contributed by atoms with Crippen molar-refractivity contribution in [3.63, 3.8) is 0 Å². The smallest absolute Gasteiger partial charge is 0.270 e. The lowest BCUT2D eigenvalue weighted by Crippen LogP contribution is -2.27. The van der Waals surface area contributed by atoms with Crippen molar-refractivity contribution in [3.05, 3.63) is 60.2 Å². The maximum Gasteiger partial charge on any atom is 0.270 e. The van der Waals surface area contributed by atoms with Gasteiger partial charge in [0.2, 0.25) is 5.95 Å². The van der Waals surface area contributed by atoms with Gasteiger partial charge in [0.1, 0.15) is 16.9 Å². The molecule has 1 aliphatic rings. The predicted octanol–water partition coefficient (Wildman–Crippen LogP) is 1.69. The quantitative estimate of drug-likeness (QED) is 0.654.